The van der Waals surface area contributed by atoms with E-state index in [-0.39, 0.29) is 15.5 Å². The highest BCUT2D eigenvalue weighted by molar-refractivity contribution is 7.93. The van der Waals surface area contributed by atoms with Crippen molar-refractivity contribution in [3.63, 3.8) is 0 Å². The van der Waals surface area contributed by atoms with Crippen LogP contribution in [-0.2, 0) is 14.8 Å². The Hall–Kier alpha value is -2.46. The molecule has 0 spiro atoms. The molecular formula is C12H10N4O4S2. The summed E-state index contributed by atoms with van der Waals surface area (Å²) in [5.41, 5.74) is 0.826. The second kappa shape index (κ2) is 5.39. The summed E-state index contributed by atoms with van der Waals surface area (Å²) in [7, 11) is -2.73. The molecule has 3 aromatic heterocycles. The number of rotatable bonds is 4. The molecule has 3 rings (SSSR count). The number of anilines is 1. The fourth-order valence-corrected chi connectivity index (χ4v) is 4.19. The van der Waals surface area contributed by atoms with Crippen molar-refractivity contribution in [1.82, 2.24) is 14.6 Å². The van der Waals surface area contributed by atoms with E-state index in [1.165, 1.54) is 35.5 Å². The van der Waals surface area contributed by atoms with Gasteiger partial charge in [0, 0.05) is 6.07 Å². The lowest BCUT2D eigenvalue weighted by molar-refractivity contribution is 0.0602. The topological polar surface area (TPSA) is 103 Å². The van der Waals surface area contributed by atoms with Crippen LogP contribution in [0.25, 0.3) is 5.65 Å². The molecular weight excluding hydrogens is 328 g/mol. The van der Waals surface area contributed by atoms with Crippen LogP contribution < -0.4 is 4.72 Å². The molecule has 1 N–H and O–H groups in total. The van der Waals surface area contributed by atoms with E-state index < -0.39 is 16.0 Å². The van der Waals surface area contributed by atoms with E-state index in [2.05, 4.69) is 19.5 Å². The van der Waals surface area contributed by atoms with Gasteiger partial charge >= 0.3 is 5.97 Å². The lowest BCUT2D eigenvalue weighted by Gasteiger charge is -2.08. The van der Waals surface area contributed by atoms with E-state index in [1.807, 2.05) is 0 Å². The second-order valence-electron chi connectivity index (χ2n) is 4.19. The van der Waals surface area contributed by atoms with Crippen LogP contribution in [0.15, 0.2) is 41.0 Å². The van der Waals surface area contributed by atoms with Gasteiger partial charge in [0.15, 0.2) is 5.65 Å². The Labute approximate surface area is 129 Å². The molecule has 0 atom stereocenters. The number of carbonyl (C=O) groups excluding carboxylic acids is 1. The van der Waals surface area contributed by atoms with E-state index in [1.54, 1.807) is 12.3 Å². The molecule has 10 heteroatoms. The molecule has 0 saturated carbocycles. The third-order valence-corrected chi connectivity index (χ3v) is 5.24. The zero-order valence-corrected chi connectivity index (χ0v) is 12.9. The van der Waals surface area contributed by atoms with Crippen molar-refractivity contribution in [1.29, 1.82) is 0 Å². The molecule has 0 aromatic carbocycles. The van der Waals surface area contributed by atoms with Crippen molar-refractivity contribution in [2.45, 2.75) is 4.90 Å². The Morgan fingerprint density at radius 3 is 3.00 bits per heavy atom. The summed E-state index contributed by atoms with van der Waals surface area (Å²) in [6, 6.07) is 3.03. The number of nitrogens with one attached hydrogen (secondary N) is 1. The van der Waals surface area contributed by atoms with Crippen molar-refractivity contribution >= 4 is 38.7 Å². The Morgan fingerprint density at radius 2 is 2.23 bits per heavy atom. The maximum atomic E-state index is 12.4. The van der Waals surface area contributed by atoms with Gasteiger partial charge in [-0.15, -0.1) is 11.3 Å². The van der Waals surface area contributed by atoms with Crippen LogP contribution in [0, 0.1) is 0 Å². The number of sulfonamides is 1. The van der Waals surface area contributed by atoms with Gasteiger partial charge in [-0.1, -0.05) is 0 Å². The molecule has 8 nitrogen and oxygen atoms in total. The Bertz CT molecular complexity index is 945. The van der Waals surface area contributed by atoms with Gasteiger partial charge in [0.1, 0.15) is 9.77 Å². The van der Waals surface area contributed by atoms with Crippen LogP contribution in [0.2, 0.25) is 0 Å². The number of esters is 1. The Balaban J connectivity index is 1.96. The summed E-state index contributed by atoms with van der Waals surface area (Å²) in [5.74, 6) is -0.698. The van der Waals surface area contributed by atoms with Crippen LogP contribution >= 0.6 is 11.3 Å². The summed E-state index contributed by atoms with van der Waals surface area (Å²) in [6.07, 6.45) is 4.41. The van der Waals surface area contributed by atoms with Gasteiger partial charge in [0.25, 0.3) is 10.0 Å². The highest BCUT2D eigenvalue weighted by Crippen LogP contribution is 2.24. The monoisotopic (exact) mass is 338 g/mol. The molecule has 0 unspecified atom stereocenters. The normalized spacial score (nSPS) is 11.5. The van der Waals surface area contributed by atoms with E-state index in [0.29, 0.717) is 5.65 Å². The molecule has 3 heterocycles. The minimum atomic E-state index is -3.93. The molecule has 0 aliphatic heterocycles. The third kappa shape index (κ3) is 2.53. The van der Waals surface area contributed by atoms with Crippen molar-refractivity contribution in [2.24, 2.45) is 0 Å². The number of methoxy groups -OCH3 is 1. The quantitative estimate of drug-likeness (QED) is 0.721. The highest BCUT2D eigenvalue weighted by Gasteiger charge is 2.25. The molecule has 22 heavy (non-hydrogen) atoms. The predicted molar refractivity (Wildman–Crippen MR) is 79.5 cm³/mol. The number of aromatic nitrogens is 3. The maximum absolute atomic E-state index is 12.4. The first-order valence-electron chi connectivity index (χ1n) is 5.99. The van der Waals surface area contributed by atoms with Crippen molar-refractivity contribution in [3.8, 4) is 0 Å². The average molecular weight is 338 g/mol. The third-order valence-electron chi connectivity index (χ3n) is 2.79. The molecule has 114 valence electrons. The molecule has 0 radical (unpaired) electrons. The Kier molecular flexibility index (Phi) is 3.54. The van der Waals surface area contributed by atoms with Crippen LogP contribution in [-0.4, -0.2) is 36.1 Å². The van der Waals surface area contributed by atoms with Gasteiger partial charge < -0.3 is 4.74 Å². The van der Waals surface area contributed by atoms with Crippen molar-refractivity contribution < 1.29 is 17.9 Å². The van der Waals surface area contributed by atoms with E-state index in [0.717, 1.165) is 11.3 Å². The van der Waals surface area contributed by atoms with Crippen LogP contribution in [0.4, 0.5) is 5.69 Å². The standard InChI is InChI=1S/C12H10N4O4S2/c1-20-12(17)11-9(3-5-21-11)22(18,19)15-8-6-13-10-2-4-14-16(10)7-8/h2-7,15H,1H3. The van der Waals surface area contributed by atoms with Gasteiger partial charge in [-0.2, -0.15) is 5.10 Å². The van der Waals surface area contributed by atoms with Gasteiger partial charge in [-0.25, -0.2) is 22.7 Å². The molecule has 3 aromatic rings. The first-order valence-corrected chi connectivity index (χ1v) is 8.35. The first kappa shape index (κ1) is 14.5. The van der Waals surface area contributed by atoms with Crippen LogP contribution in [0.3, 0.4) is 0 Å². The summed E-state index contributed by atoms with van der Waals surface area (Å²) < 4.78 is 33.2. The highest BCUT2D eigenvalue weighted by atomic mass is 32.2. The summed E-state index contributed by atoms with van der Waals surface area (Å²) >= 11 is 0.997. The minimum absolute atomic E-state index is 0.0168. The van der Waals surface area contributed by atoms with E-state index in [4.69, 9.17) is 0 Å². The van der Waals surface area contributed by atoms with Crippen molar-refractivity contribution in [2.75, 3.05) is 11.8 Å². The maximum Gasteiger partial charge on any atom is 0.349 e. The number of hydrogen-bond donors (Lipinski definition) is 1. The number of hydrogen-bond acceptors (Lipinski definition) is 7. The fourth-order valence-electron chi connectivity index (χ4n) is 1.82. The summed E-state index contributed by atoms with van der Waals surface area (Å²) in [6.45, 7) is 0. The summed E-state index contributed by atoms with van der Waals surface area (Å²) in [5, 5.41) is 5.49. The van der Waals surface area contributed by atoms with Crippen molar-refractivity contribution in [3.05, 3.63) is 41.0 Å². The largest absolute Gasteiger partial charge is 0.465 e. The number of ether oxygens (including phenoxy) is 1. The van der Waals surface area contributed by atoms with Gasteiger partial charge in [-0.05, 0) is 11.4 Å². The number of nitrogens with zero attached hydrogens (tertiary/aromatic N) is 3. The minimum Gasteiger partial charge on any atom is -0.465 e. The predicted octanol–water partition coefficient (Wildman–Crippen LogP) is 1.38. The first-order chi connectivity index (χ1) is 10.5. The molecule has 0 aliphatic rings. The number of fused-ring (bicyclic) bond motifs is 1. The molecule has 0 aliphatic carbocycles. The molecule has 0 amide bonds. The lowest BCUT2D eigenvalue weighted by atomic mass is 10.5. The van der Waals surface area contributed by atoms with Crippen LogP contribution in [0.1, 0.15) is 9.67 Å². The Morgan fingerprint density at radius 1 is 1.41 bits per heavy atom. The summed E-state index contributed by atoms with van der Waals surface area (Å²) in [4.78, 5) is 15.6. The average Bonchev–Trinajstić information content (AvgIpc) is 3.14. The molecule has 0 bridgehead atoms. The SMILES string of the molecule is COC(=O)c1sccc1S(=O)(=O)Nc1cnc2ccnn2c1. The van der Waals surface area contributed by atoms with Gasteiger partial charge in [-0.3, -0.25) is 4.72 Å². The smallest absolute Gasteiger partial charge is 0.349 e. The van der Waals surface area contributed by atoms with Crippen LogP contribution in [0.5, 0.6) is 0 Å². The zero-order valence-electron chi connectivity index (χ0n) is 11.3. The van der Waals surface area contributed by atoms with Gasteiger partial charge in [0.2, 0.25) is 0 Å². The lowest BCUT2D eigenvalue weighted by Crippen LogP contribution is -2.16. The van der Waals surface area contributed by atoms with E-state index >= 15 is 0 Å². The second-order valence-corrected chi connectivity index (χ2v) is 6.75. The van der Waals surface area contributed by atoms with E-state index in [9.17, 15) is 13.2 Å². The number of carbonyl (C=O) groups is 1. The zero-order chi connectivity index (χ0) is 15.7. The molecule has 0 saturated heterocycles. The fraction of sp³-hybridized carbons (Fsp3) is 0.0833. The van der Waals surface area contributed by atoms with Gasteiger partial charge in [0.05, 0.1) is 31.4 Å². The number of thiophene rings is 1. The molecule has 0 fully saturated rings.